The third-order valence-electron chi connectivity index (χ3n) is 5.35. The maximum atomic E-state index is 14.0. The number of benzene rings is 2. The van der Waals surface area contributed by atoms with Crippen LogP contribution in [0, 0.1) is 12.7 Å². The summed E-state index contributed by atoms with van der Waals surface area (Å²) >= 11 is 1.34. The van der Waals surface area contributed by atoms with E-state index in [-0.39, 0.29) is 42.7 Å². The summed E-state index contributed by atoms with van der Waals surface area (Å²) in [6.07, 6.45) is 3.56. The van der Waals surface area contributed by atoms with E-state index in [0.29, 0.717) is 5.16 Å². The molecule has 0 radical (unpaired) electrons. The van der Waals surface area contributed by atoms with Crippen LogP contribution in [0.5, 0.6) is 0 Å². The monoisotopic (exact) mass is 474 g/mol. The first-order chi connectivity index (χ1) is 15.4. The molecule has 1 amide bonds. The van der Waals surface area contributed by atoms with Gasteiger partial charge in [-0.15, -0.1) is 0 Å². The number of imidazole rings is 1. The van der Waals surface area contributed by atoms with E-state index in [2.05, 4.69) is 4.98 Å². The highest BCUT2D eigenvalue weighted by Crippen LogP contribution is 2.24. The molecule has 0 atom stereocenters. The lowest BCUT2D eigenvalue weighted by Gasteiger charge is -2.34. The lowest BCUT2D eigenvalue weighted by molar-refractivity contribution is -0.129. The van der Waals surface area contributed by atoms with Gasteiger partial charge in [-0.25, -0.2) is 17.8 Å². The number of piperazine rings is 1. The fraction of sp³-hybridized carbons (Fsp3) is 0.273. The van der Waals surface area contributed by atoms with Crippen LogP contribution in [0.15, 0.2) is 71.0 Å². The summed E-state index contributed by atoms with van der Waals surface area (Å²) in [6, 6.07) is 13.3. The van der Waals surface area contributed by atoms with Crippen molar-refractivity contribution in [1.82, 2.24) is 18.8 Å². The molecule has 4 rings (SSSR count). The minimum Gasteiger partial charge on any atom is -0.339 e. The lowest BCUT2D eigenvalue weighted by Crippen LogP contribution is -2.51. The van der Waals surface area contributed by atoms with Crippen molar-refractivity contribution in [1.29, 1.82) is 0 Å². The number of amides is 1. The van der Waals surface area contributed by atoms with E-state index >= 15 is 0 Å². The van der Waals surface area contributed by atoms with Gasteiger partial charge in [-0.3, -0.25) is 9.36 Å². The van der Waals surface area contributed by atoms with E-state index in [9.17, 15) is 17.6 Å². The Balaban J connectivity index is 1.36. The minimum atomic E-state index is -3.93. The molecule has 168 valence electrons. The number of carbonyl (C=O) groups excluding carboxylic acids is 1. The third kappa shape index (κ3) is 4.57. The van der Waals surface area contributed by atoms with Crippen LogP contribution in [0.25, 0.3) is 5.69 Å². The first kappa shape index (κ1) is 22.5. The van der Waals surface area contributed by atoms with Gasteiger partial charge in [-0.05, 0) is 30.7 Å². The number of hydrogen-bond acceptors (Lipinski definition) is 5. The number of hydrogen-bond donors (Lipinski definition) is 0. The van der Waals surface area contributed by atoms with Gasteiger partial charge >= 0.3 is 0 Å². The van der Waals surface area contributed by atoms with Crippen LogP contribution < -0.4 is 0 Å². The second-order valence-corrected chi connectivity index (χ2v) is 10.2. The molecule has 1 fully saturated rings. The average molecular weight is 475 g/mol. The zero-order valence-corrected chi connectivity index (χ0v) is 19.2. The van der Waals surface area contributed by atoms with Crippen molar-refractivity contribution >= 4 is 27.7 Å². The fourth-order valence-corrected chi connectivity index (χ4v) is 5.96. The number of nitrogens with zero attached hydrogens (tertiary/aromatic N) is 4. The molecule has 1 saturated heterocycles. The Morgan fingerprint density at radius 1 is 1.06 bits per heavy atom. The molecule has 0 spiro atoms. The third-order valence-corrected chi connectivity index (χ3v) is 8.24. The second-order valence-electron chi connectivity index (χ2n) is 7.37. The number of sulfonamides is 1. The van der Waals surface area contributed by atoms with Gasteiger partial charge in [0.2, 0.25) is 15.9 Å². The van der Waals surface area contributed by atoms with Crippen LogP contribution in [-0.2, 0) is 14.8 Å². The molecule has 10 heteroatoms. The molecule has 32 heavy (non-hydrogen) atoms. The molecule has 0 aliphatic carbocycles. The van der Waals surface area contributed by atoms with Crippen LogP contribution in [0.4, 0.5) is 4.39 Å². The van der Waals surface area contributed by atoms with Crippen molar-refractivity contribution in [3.8, 4) is 5.69 Å². The van der Waals surface area contributed by atoms with Gasteiger partial charge in [0, 0.05) is 38.6 Å². The quantitative estimate of drug-likeness (QED) is 0.514. The molecule has 1 aliphatic rings. The average Bonchev–Trinajstić information content (AvgIpc) is 3.26. The van der Waals surface area contributed by atoms with Crippen molar-refractivity contribution in [2.45, 2.75) is 17.0 Å². The number of halogens is 1. The summed E-state index contributed by atoms with van der Waals surface area (Å²) in [5, 5.41) is 0.716. The van der Waals surface area contributed by atoms with E-state index in [1.54, 1.807) is 11.1 Å². The number of carbonyl (C=O) groups is 1. The molecule has 2 heterocycles. The molecule has 0 saturated carbocycles. The van der Waals surface area contributed by atoms with Crippen LogP contribution in [0.1, 0.15) is 5.56 Å². The first-order valence-corrected chi connectivity index (χ1v) is 12.5. The van der Waals surface area contributed by atoms with Crippen LogP contribution >= 0.6 is 11.8 Å². The minimum absolute atomic E-state index is 0.0859. The Bertz CT molecular complexity index is 1220. The summed E-state index contributed by atoms with van der Waals surface area (Å²) < 4.78 is 42.6. The molecule has 7 nitrogen and oxygen atoms in total. The summed E-state index contributed by atoms with van der Waals surface area (Å²) in [7, 11) is -3.93. The van der Waals surface area contributed by atoms with Crippen LogP contribution in [0.3, 0.4) is 0 Å². The van der Waals surface area contributed by atoms with Crippen LogP contribution in [-0.4, -0.2) is 65.0 Å². The normalized spacial score (nSPS) is 15.1. The molecule has 1 aliphatic heterocycles. The summed E-state index contributed by atoms with van der Waals surface area (Å²) in [4.78, 5) is 18.4. The lowest BCUT2D eigenvalue weighted by atomic mass is 10.2. The van der Waals surface area contributed by atoms with E-state index in [4.69, 9.17) is 0 Å². The van der Waals surface area contributed by atoms with Crippen molar-refractivity contribution < 1.29 is 17.6 Å². The Morgan fingerprint density at radius 3 is 2.47 bits per heavy atom. The zero-order chi connectivity index (χ0) is 22.7. The van der Waals surface area contributed by atoms with Gasteiger partial charge in [0.05, 0.1) is 11.4 Å². The van der Waals surface area contributed by atoms with Gasteiger partial charge < -0.3 is 4.90 Å². The van der Waals surface area contributed by atoms with Crippen molar-refractivity contribution in [2.24, 2.45) is 0 Å². The number of thioether (sulfide) groups is 1. The van der Waals surface area contributed by atoms with Gasteiger partial charge in [-0.2, -0.15) is 4.31 Å². The van der Waals surface area contributed by atoms with Gasteiger partial charge in [-0.1, -0.05) is 42.1 Å². The molecule has 2 aromatic carbocycles. The fourth-order valence-electron chi connectivity index (χ4n) is 3.60. The Morgan fingerprint density at radius 2 is 1.75 bits per heavy atom. The number of para-hydroxylation sites is 1. The Kier molecular flexibility index (Phi) is 6.63. The van der Waals surface area contributed by atoms with E-state index in [1.165, 1.54) is 34.3 Å². The number of aryl methyl sites for hydroxylation is 1. The SMILES string of the molecule is Cc1ccccc1-n1ccnc1SCC(=O)N1CCN(S(=O)(=O)c2ccccc2F)CC1. The summed E-state index contributed by atoms with van der Waals surface area (Å²) in [5.74, 6) is -0.660. The maximum absolute atomic E-state index is 14.0. The van der Waals surface area contributed by atoms with E-state index < -0.39 is 15.8 Å². The van der Waals surface area contributed by atoms with Crippen molar-refractivity contribution in [2.75, 3.05) is 31.9 Å². The highest BCUT2D eigenvalue weighted by molar-refractivity contribution is 7.99. The van der Waals surface area contributed by atoms with E-state index in [0.717, 1.165) is 17.3 Å². The van der Waals surface area contributed by atoms with Gasteiger partial charge in [0.15, 0.2) is 5.16 Å². The topological polar surface area (TPSA) is 75.5 Å². The Labute approximate surface area is 190 Å². The first-order valence-electron chi connectivity index (χ1n) is 10.1. The standard InChI is InChI=1S/C22H23FN4O3S2/c1-17-6-2-4-8-19(17)27-11-10-24-22(27)31-16-21(28)25-12-14-26(15-13-25)32(29,30)20-9-5-3-7-18(20)23/h2-11H,12-16H2,1H3. The number of rotatable bonds is 6. The zero-order valence-electron chi connectivity index (χ0n) is 17.5. The summed E-state index contributed by atoms with van der Waals surface area (Å²) in [5.41, 5.74) is 2.11. The second kappa shape index (κ2) is 9.43. The molecule has 0 unspecified atom stereocenters. The van der Waals surface area contributed by atoms with Gasteiger partial charge in [0.1, 0.15) is 10.7 Å². The molecule has 3 aromatic rings. The highest BCUT2D eigenvalue weighted by atomic mass is 32.2. The predicted molar refractivity (Wildman–Crippen MR) is 121 cm³/mol. The molecular weight excluding hydrogens is 451 g/mol. The largest absolute Gasteiger partial charge is 0.339 e. The smallest absolute Gasteiger partial charge is 0.246 e. The number of aromatic nitrogens is 2. The van der Waals surface area contributed by atoms with Crippen LogP contribution in [0.2, 0.25) is 0 Å². The molecule has 0 N–H and O–H groups in total. The van der Waals surface area contributed by atoms with E-state index in [1.807, 2.05) is 42.0 Å². The Hall–Kier alpha value is -2.69. The predicted octanol–water partition coefficient (Wildman–Crippen LogP) is 2.95. The maximum Gasteiger partial charge on any atom is 0.246 e. The highest BCUT2D eigenvalue weighted by Gasteiger charge is 2.31. The molecular formula is C22H23FN4O3S2. The molecule has 0 bridgehead atoms. The summed E-state index contributed by atoms with van der Waals surface area (Å²) in [6.45, 7) is 2.80. The van der Waals surface area contributed by atoms with Crippen molar-refractivity contribution in [3.05, 3.63) is 72.3 Å². The molecule has 1 aromatic heterocycles. The van der Waals surface area contributed by atoms with Gasteiger partial charge in [0.25, 0.3) is 0 Å². The van der Waals surface area contributed by atoms with Crippen molar-refractivity contribution in [3.63, 3.8) is 0 Å².